The van der Waals surface area contributed by atoms with Crippen LogP contribution >= 0.6 is 0 Å². The van der Waals surface area contributed by atoms with Crippen LogP contribution in [-0.2, 0) is 15.8 Å². The summed E-state index contributed by atoms with van der Waals surface area (Å²) in [6.45, 7) is 1.71. The zero-order chi connectivity index (χ0) is 13.2. The molecular weight excluding hydrogens is 254 g/mol. The summed E-state index contributed by atoms with van der Waals surface area (Å²) in [6, 6.07) is 8.23. The van der Waals surface area contributed by atoms with Crippen LogP contribution in [0, 0.1) is 6.92 Å². The Morgan fingerprint density at radius 3 is 2.78 bits per heavy atom. The van der Waals surface area contributed by atoms with E-state index in [1.807, 2.05) is 0 Å². The summed E-state index contributed by atoms with van der Waals surface area (Å²) in [4.78, 5) is 0. The number of benzene rings is 1. The van der Waals surface area contributed by atoms with Gasteiger partial charge in [-0.05, 0) is 24.6 Å². The number of nitrogens with one attached hydrogen (secondary N) is 1. The minimum absolute atomic E-state index is 0.108. The van der Waals surface area contributed by atoms with E-state index >= 15 is 0 Å². The van der Waals surface area contributed by atoms with E-state index in [-0.39, 0.29) is 11.6 Å². The molecular formula is C11H13N3O3S. The molecule has 2 aromatic rings. The van der Waals surface area contributed by atoms with E-state index in [0.717, 1.165) is 0 Å². The van der Waals surface area contributed by atoms with E-state index in [9.17, 15) is 8.42 Å². The number of hydrogen-bond donors (Lipinski definition) is 2. The van der Waals surface area contributed by atoms with Crippen molar-refractivity contribution >= 4 is 21.6 Å². The van der Waals surface area contributed by atoms with Gasteiger partial charge in [-0.15, -0.1) is 0 Å². The summed E-state index contributed by atoms with van der Waals surface area (Å²) >= 11 is 0. The molecule has 0 saturated heterocycles. The molecule has 0 unspecified atom stereocenters. The number of nitrogens with two attached hydrogens (primary N) is 1. The van der Waals surface area contributed by atoms with Gasteiger partial charge < -0.3 is 10.3 Å². The minimum Gasteiger partial charge on any atom is -0.399 e. The zero-order valence-electron chi connectivity index (χ0n) is 9.75. The predicted octanol–water partition coefficient (Wildman–Crippen LogP) is 1.51. The number of anilines is 2. The van der Waals surface area contributed by atoms with Crippen LogP contribution in [0.4, 0.5) is 11.6 Å². The van der Waals surface area contributed by atoms with Gasteiger partial charge in [-0.25, -0.2) is 8.42 Å². The second kappa shape index (κ2) is 4.69. The van der Waals surface area contributed by atoms with Crippen molar-refractivity contribution in [3.8, 4) is 0 Å². The van der Waals surface area contributed by atoms with Crippen LogP contribution in [0.5, 0.6) is 0 Å². The average Bonchev–Trinajstić information content (AvgIpc) is 2.62. The third-order valence-corrected chi connectivity index (χ3v) is 3.42. The maximum Gasteiger partial charge on any atom is 0.239 e. The molecule has 1 aromatic carbocycles. The Bertz CT molecular complexity index is 649. The standard InChI is InChI=1S/C11H13N3O3S/c1-8-5-11(17-13-8)14-18(15,16)7-9-3-2-4-10(12)6-9/h2-6,14H,7,12H2,1H3. The number of nitrogens with zero attached hydrogens (tertiary/aromatic N) is 1. The molecule has 96 valence electrons. The molecule has 3 N–H and O–H groups in total. The Morgan fingerprint density at radius 2 is 2.17 bits per heavy atom. The highest BCUT2D eigenvalue weighted by atomic mass is 32.2. The van der Waals surface area contributed by atoms with Gasteiger partial charge in [-0.1, -0.05) is 17.3 Å². The largest absolute Gasteiger partial charge is 0.399 e. The third kappa shape index (κ3) is 3.24. The lowest BCUT2D eigenvalue weighted by molar-refractivity contribution is 0.430. The number of nitrogen functional groups attached to an aromatic ring is 1. The first kappa shape index (κ1) is 12.4. The van der Waals surface area contributed by atoms with Crippen molar-refractivity contribution in [3.05, 3.63) is 41.6 Å². The molecule has 2 rings (SSSR count). The second-order valence-electron chi connectivity index (χ2n) is 3.94. The molecule has 0 bridgehead atoms. The highest BCUT2D eigenvalue weighted by Crippen LogP contribution is 2.15. The molecule has 1 aromatic heterocycles. The predicted molar refractivity (Wildman–Crippen MR) is 68.3 cm³/mol. The van der Waals surface area contributed by atoms with Crippen LogP contribution in [-0.4, -0.2) is 13.6 Å². The molecule has 7 heteroatoms. The van der Waals surface area contributed by atoms with Crippen LogP contribution in [0.15, 0.2) is 34.9 Å². The Morgan fingerprint density at radius 1 is 1.39 bits per heavy atom. The Kier molecular flexibility index (Phi) is 3.24. The van der Waals surface area contributed by atoms with E-state index in [1.54, 1.807) is 31.2 Å². The molecule has 0 spiro atoms. The van der Waals surface area contributed by atoms with Crippen molar-refractivity contribution in [1.29, 1.82) is 0 Å². The first-order valence-corrected chi connectivity index (χ1v) is 6.88. The molecule has 0 aliphatic rings. The number of aryl methyl sites for hydroxylation is 1. The second-order valence-corrected chi connectivity index (χ2v) is 5.66. The van der Waals surface area contributed by atoms with Gasteiger partial charge in [-0.2, -0.15) is 0 Å². The van der Waals surface area contributed by atoms with Crippen LogP contribution < -0.4 is 10.5 Å². The fourth-order valence-corrected chi connectivity index (χ4v) is 2.60. The summed E-state index contributed by atoms with van der Waals surface area (Å²) in [5, 5.41) is 3.60. The number of sulfonamides is 1. The minimum atomic E-state index is -3.53. The lowest BCUT2D eigenvalue weighted by Gasteiger charge is -2.05. The van der Waals surface area contributed by atoms with E-state index < -0.39 is 10.0 Å². The Balaban J connectivity index is 2.12. The van der Waals surface area contributed by atoms with Gasteiger partial charge in [0.15, 0.2) is 0 Å². The van der Waals surface area contributed by atoms with Crippen LogP contribution in [0.1, 0.15) is 11.3 Å². The molecule has 1 heterocycles. The fourth-order valence-electron chi connectivity index (χ4n) is 1.50. The van der Waals surface area contributed by atoms with E-state index in [0.29, 0.717) is 16.9 Å². The van der Waals surface area contributed by atoms with Crippen LogP contribution in [0.2, 0.25) is 0 Å². The summed E-state index contributed by atoms with van der Waals surface area (Å²) < 4.78 is 30.8. The van der Waals surface area contributed by atoms with Crippen molar-refractivity contribution in [3.63, 3.8) is 0 Å². The smallest absolute Gasteiger partial charge is 0.239 e. The van der Waals surface area contributed by atoms with Crippen molar-refractivity contribution < 1.29 is 12.9 Å². The normalized spacial score (nSPS) is 11.4. The van der Waals surface area contributed by atoms with Crippen molar-refractivity contribution in [2.24, 2.45) is 0 Å². The zero-order valence-corrected chi connectivity index (χ0v) is 10.6. The fraction of sp³-hybridized carbons (Fsp3) is 0.182. The first-order valence-electron chi connectivity index (χ1n) is 5.23. The molecule has 0 amide bonds. The highest BCUT2D eigenvalue weighted by molar-refractivity contribution is 7.91. The van der Waals surface area contributed by atoms with E-state index in [1.165, 1.54) is 6.07 Å². The van der Waals surface area contributed by atoms with Crippen LogP contribution in [0.3, 0.4) is 0 Å². The molecule has 6 nitrogen and oxygen atoms in total. The molecule has 0 fully saturated rings. The topological polar surface area (TPSA) is 98.2 Å². The van der Waals surface area contributed by atoms with Gasteiger partial charge in [-0.3, -0.25) is 4.72 Å². The summed E-state index contributed by atoms with van der Waals surface area (Å²) in [6.07, 6.45) is 0. The van der Waals surface area contributed by atoms with Gasteiger partial charge in [0, 0.05) is 11.8 Å². The maximum atomic E-state index is 11.9. The first-order chi connectivity index (χ1) is 8.44. The van der Waals surface area contributed by atoms with Crippen molar-refractivity contribution in [2.75, 3.05) is 10.5 Å². The van der Waals surface area contributed by atoms with Gasteiger partial charge in [0.25, 0.3) is 0 Å². The van der Waals surface area contributed by atoms with Gasteiger partial charge in [0.05, 0.1) is 11.4 Å². The summed E-state index contributed by atoms with van der Waals surface area (Å²) in [5.74, 6) is -0.0611. The number of aromatic nitrogens is 1. The molecule has 18 heavy (non-hydrogen) atoms. The Labute approximate surface area is 105 Å². The molecule has 0 saturated carbocycles. The van der Waals surface area contributed by atoms with Gasteiger partial charge >= 0.3 is 0 Å². The summed E-state index contributed by atoms with van der Waals surface area (Å²) in [5.41, 5.74) is 7.33. The SMILES string of the molecule is Cc1cc(NS(=O)(=O)Cc2cccc(N)c2)on1. The number of hydrogen-bond acceptors (Lipinski definition) is 5. The van der Waals surface area contributed by atoms with E-state index in [4.69, 9.17) is 10.3 Å². The average molecular weight is 267 g/mol. The molecule has 0 aliphatic heterocycles. The van der Waals surface area contributed by atoms with Gasteiger partial charge in [0.1, 0.15) is 0 Å². The van der Waals surface area contributed by atoms with E-state index in [2.05, 4.69) is 9.88 Å². The monoisotopic (exact) mass is 267 g/mol. The molecule has 0 radical (unpaired) electrons. The van der Waals surface area contributed by atoms with Crippen molar-refractivity contribution in [2.45, 2.75) is 12.7 Å². The highest BCUT2D eigenvalue weighted by Gasteiger charge is 2.14. The summed E-state index contributed by atoms with van der Waals surface area (Å²) in [7, 11) is -3.53. The lowest BCUT2D eigenvalue weighted by atomic mass is 10.2. The molecule has 0 atom stereocenters. The molecule has 0 aliphatic carbocycles. The Hall–Kier alpha value is -2.02. The third-order valence-electron chi connectivity index (χ3n) is 2.19. The maximum absolute atomic E-state index is 11.9. The lowest BCUT2D eigenvalue weighted by Crippen LogP contribution is -2.14. The van der Waals surface area contributed by atoms with Gasteiger partial charge in [0.2, 0.25) is 15.9 Å². The van der Waals surface area contributed by atoms with Crippen LogP contribution in [0.25, 0.3) is 0 Å². The quantitative estimate of drug-likeness (QED) is 0.818. The van der Waals surface area contributed by atoms with Crippen molar-refractivity contribution in [1.82, 2.24) is 5.16 Å². The number of rotatable bonds is 4.